The molecular formula is C12H21N3OS. The summed E-state index contributed by atoms with van der Waals surface area (Å²) in [4.78, 5) is 8.77. The summed E-state index contributed by atoms with van der Waals surface area (Å²) in [7, 11) is 1.73. The van der Waals surface area contributed by atoms with E-state index in [9.17, 15) is 0 Å². The zero-order valence-corrected chi connectivity index (χ0v) is 11.6. The lowest BCUT2D eigenvalue weighted by Crippen LogP contribution is -2.19. The van der Waals surface area contributed by atoms with E-state index in [1.54, 1.807) is 18.9 Å². The van der Waals surface area contributed by atoms with Crippen molar-refractivity contribution in [1.29, 1.82) is 0 Å². The Morgan fingerprint density at radius 2 is 1.94 bits per heavy atom. The summed E-state index contributed by atoms with van der Waals surface area (Å²) >= 11 is 1.70. The summed E-state index contributed by atoms with van der Waals surface area (Å²) in [5.41, 5.74) is 2.07. The topological polar surface area (TPSA) is 47.0 Å². The number of nitrogens with one attached hydrogen (secondary N) is 1. The predicted molar refractivity (Wildman–Crippen MR) is 71.6 cm³/mol. The fourth-order valence-corrected chi connectivity index (χ4v) is 2.29. The third-order valence-electron chi connectivity index (χ3n) is 2.17. The number of methoxy groups -OCH3 is 1. The minimum Gasteiger partial charge on any atom is -0.385 e. The largest absolute Gasteiger partial charge is 0.385 e. The Kier molecular flexibility index (Phi) is 7.16. The Morgan fingerprint density at radius 1 is 1.24 bits per heavy atom. The molecule has 0 amide bonds. The Hall–Kier alpha value is -0.650. The highest BCUT2D eigenvalue weighted by Crippen LogP contribution is 2.12. The molecule has 1 heterocycles. The van der Waals surface area contributed by atoms with Crippen molar-refractivity contribution in [2.24, 2.45) is 0 Å². The first kappa shape index (κ1) is 14.4. The Morgan fingerprint density at radius 3 is 2.59 bits per heavy atom. The van der Waals surface area contributed by atoms with Crippen LogP contribution in [0.25, 0.3) is 0 Å². The average molecular weight is 255 g/mol. The maximum absolute atomic E-state index is 4.98. The van der Waals surface area contributed by atoms with E-state index in [0.29, 0.717) is 0 Å². The molecule has 0 saturated heterocycles. The zero-order valence-electron chi connectivity index (χ0n) is 10.8. The van der Waals surface area contributed by atoms with Crippen molar-refractivity contribution in [2.75, 3.05) is 32.6 Å². The summed E-state index contributed by atoms with van der Waals surface area (Å²) in [5.74, 6) is 0.996. The number of rotatable bonds is 8. The fourth-order valence-electron chi connectivity index (χ4n) is 1.44. The van der Waals surface area contributed by atoms with E-state index in [0.717, 1.165) is 48.4 Å². The molecule has 0 fully saturated rings. The van der Waals surface area contributed by atoms with Crippen LogP contribution >= 0.6 is 11.8 Å². The smallest absolute Gasteiger partial charge is 0.188 e. The van der Waals surface area contributed by atoms with Crippen LogP contribution in [-0.2, 0) is 4.74 Å². The Balaban J connectivity index is 2.13. The molecule has 0 radical (unpaired) electrons. The Labute approximate surface area is 108 Å². The lowest BCUT2D eigenvalue weighted by atomic mass is 10.4. The van der Waals surface area contributed by atoms with Crippen LogP contribution in [0.2, 0.25) is 0 Å². The number of nitrogens with zero attached hydrogens (tertiary/aromatic N) is 2. The lowest BCUT2D eigenvalue weighted by molar-refractivity contribution is 0.194. The van der Waals surface area contributed by atoms with Crippen molar-refractivity contribution in [3.8, 4) is 0 Å². The van der Waals surface area contributed by atoms with Crippen molar-refractivity contribution in [1.82, 2.24) is 15.3 Å². The average Bonchev–Trinajstić information content (AvgIpc) is 2.26. The number of hydrogen-bond acceptors (Lipinski definition) is 5. The third-order valence-corrected chi connectivity index (χ3v) is 3.02. The number of aromatic nitrogens is 2. The molecule has 96 valence electrons. The standard InChI is InChI=1S/C12H21N3OS/c1-10-9-11(2)15-12(14-10)17-8-6-13-5-4-7-16-3/h9,13H,4-8H2,1-3H3. The molecule has 0 aliphatic carbocycles. The number of ether oxygens (including phenoxy) is 1. The summed E-state index contributed by atoms with van der Waals surface area (Å²) in [6.45, 7) is 6.80. The molecule has 1 rings (SSSR count). The van der Waals surface area contributed by atoms with Gasteiger partial charge in [-0.2, -0.15) is 0 Å². The van der Waals surface area contributed by atoms with Gasteiger partial charge in [0.15, 0.2) is 5.16 Å². The number of thioether (sulfide) groups is 1. The molecule has 1 aromatic rings. The second-order valence-electron chi connectivity index (χ2n) is 3.88. The molecule has 5 heteroatoms. The van der Waals surface area contributed by atoms with Gasteiger partial charge >= 0.3 is 0 Å². The first-order chi connectivity index (χ1) is 8.22. The van der Waals surface area contributed by atoms with Crippen LogP contribution in [0.3, 0.4) is 0 Å². The van der Waals surface area contributed by atoms with Gasteiger partial charge in [0.05, 0.1) is 0 Å². The summed E-state index contributed by atoms with van der Waals surface area (Å²) in [5, 5.41) is 4.24. The van der Waals surface area contributed by atoms with Crippen molar-refractivity contribution in [3.05, 3.63) is 17.5 Å². The van der Waals surface area contributed by atoms with E-state index in [4.69, 9.17) is 4.74 Å². The first-order valence-electron chi connectivity index (χ1n) is 5.87. The van der Waals surface area contributed by atoms with Gasteiger partial charge in [-0.3, -0.25) is 0 Å². The molecule has 0 unspecified atom stereocenters. The monoisotopic (exact) mass is 255 g/mol. The third kappa shape index (κ3) is 6.61. The maximum Gasteiger partial charge on any atom is 0.188 e. The minimum absolute atomic E-state index is 0.820. The van der Waals surface area contributed by atoms with Crippen molar-refractivity contribution < 1.29 is 4.74 Å². The molecule has 0 atom stereocenters. The van der Waals surface area contributed by atoms with Crippen molar-refractivity contribution in [2.45, 2.75) is 25.4 Å². The maximum atomic E-state index is 4.98. The van der Waals surface area contributed by atoms with Crippen molar-refractivity contribution in [3.63, 3.8) is 0 Å². The summed E-state index contributed by atoms with van der Waals surface area (Å²) < 4.78 is 4.98. The van der Waals surface area contributed by atoms with Crippen LogP contribution in [0, 0.1) is 13.8 Å². The first-order valence-corrected chi connectivity index (χ1v) is 6.85. The highest BCUT2D eigenvalue weighted by Gasteiger charge is 1.99. The predicted octanol–water partition coefficient (Wildman–Crippen LogP) is 1.81. The molecule has 4 nitrogen and oxygen atoms in total. The van der Waals surface area contributed by atoms with Crippen LogP contribution in [0.5, 0.6) is 0 Å². The molecule has 0 saturated carbocycles. The van der Waals surface area contributed by atoms with Crippen LogP contribution in [0.4, 0.5) is 0 Å². The van der Waals surface area contributed by atoms with Crippen LogP contribution < -0.4 is 5.32 Å². The number of hydrogen-bond donors (Lipinski definition) is 1. The molecule has 1 aromatic heterocycles. The molecule has 0 aromatic carbocycles. The second-order valence-corrected chi connectivity index (χ2v) is 4.94. The van der Waals surface area contributed by atoms with E-state index < -0.39 is 0 Å². The van der Waals surface area contributed by atoms with E-state index in [-0.39, 0.29) is 0 Å². The zero-order chi connectivity index (χ0) is 12.5. The molecular weight excluding hydrogens is 234 g/mol. The van der Waals surface area contributed by atoms with Gasteiger partial charge in [-0.15, -0.1) is 0 Å². The molecule has 0 aliphatic rings. The summed E-state index contributed by atoms with van der Waals surface area (Å²) in [6.07, 6.45) is 1.06. The van der Waals surface area contributed by atoms with Gasteiger partial charge in [0.1, 0.15) is 0 Å². The van der Waals surface area contributed by atoms with Gasteiger partial charge in [0.2, 0.25) is 0 Å². The number of aryl methyl sites for hydroxylation is 2. The van der Waals surface area contributed by atoms with Gasteiger partial charge in [-0.1, -0.05) is 11.8 Å². The van der Waals surface area contributed by atoms with Crippen LogP contribution in [0.15, 0.2) is 11.2 Å². The Bertz CT molecular complexity index is 313. The van der Waals surface area contributed by atoms with Crippen LogP contribution in [0.1, 0.15) is 17.8 Å². The van der Waals surface area contributed by atoms with Gasteiger partial charge in [0.25, 0.3) is 0 Å². The fraction of sp³-hybridized carbons (Fsp3) is 0.667. The van der Waals surface area contributed by atoms with Crippen LogP contribution in [-0.4, -0.2) is 42.5 Å². The van der Waals surface area contributed by atoms with E-state index in [1.165, 1.54) is 0 Å². The van der Waals surface area contributed by atoms with Gasteiger partial charge < -0.3 is 10.1 Å². The van der Waals surface area contributed by atoms with Crippen molar-refractivity contribution >= 4 is 11.8 Å². The highest BCUT2D eigenvalue weighted by molar-refractivity contribution is 7.99. The second kappa shape index (κ2) is 8.44. The molecule has 0 aliphatic heterocycles. The summed E-state index contributed by atoms with van der Waals surface area (Å²) in [6, 6.07) is 1.99. The van der Waals surface area contributed by atoms with Gasteiger partial charge in [0, 0.05) is 37.4 Å². The quantitative estimate of drug-likeness (QED) is 0.436. The van der Waals surface area contributed by atoms with Gasteiger partial charge in [-0.05, 0) is 32.9 Å². The SMILES string of the molecule is COCCCNCCSc1nc(C)cc(C)n1. The molecule has 1 N–H and O–H groups in total. The molecule has 17 heavy (non-hydrogen) atoms. The molecule has 0 bridgehead atoms. The lowest BCUT2D eigenvalue weighted by Gasteiger charge is -2.04. The highest BCUT2D eigenvalue weighted by atomic mass is 32.2. The van der Waals surface area contributed by atoms with E-state index in [2.05, 4.69) is 15.3 Å². The normalized spacial score (nSPS) is 10.8. The van der Waals surface area contributed by atoms with E-state index >= 15 is 0 Å². The molecule has 0 spiro atoms. The van der Waals surface area contributed by atoms with Gasteiger partial charge in [-0.25, -0.2) is 9.97 Å². The minimum atomic E-state index is 0.820. The van der Waals surface area contributed by atoms with E-state index in [1.807, 2.05) is 19.9 Å².